The molecule has 1 unspecified atom stereocenters. The molecule has 136 valence electrons. The summed E-state index contributed by atoms with van der Waals surface area (Å²) in [4.78, 5) is 17.5. The van der Waals surface area contributed by atoms with Gasteiger partial charge in [0.25, 0.3) is 0 Å². The number of aliphatic hydroxyl groups is 1. The first-order valence-corrected chi connectivity index (χ1v) is 8.93. The van der Waals surface area contributed by atoms with E-state index in [9.17, 15) is 9.50 Å². The monoisotopic (exact) mass is 363 g/mol. The van der Waals surface area contributed by atoms with Crippen LogP contribution in [0.2, 0.25) is 0 Å². The lowest BCUT2D eigenvalue weighted by molar-refractivity contribution is 0.144. The summed E-state index contributed by atoms with van der Waals surface area (Å²) >= 11 is 0. The summed E-state index contributed by atoms with van der Waals surface area (Å²) in [6.07, 6.45) is 1.33. The maximum absolute atomic E-state index is 14.4. The van der Waals surface area contributed by atoms with Gasteiger partial charge in [-0.25, -0.2) is 19.3 Å². The van der Waals surface area contributed by atoms with E-state index in [0.717, 1.165) is 16.3 Å². The van der Waals surface area contributed by atoms with E-state index in [2.05, 4.69) is 19.9 Å². The van der Waals surface area contributed by atoms with Gasteiger partial charge in [0.2, 0.25) is 0 Å². The minimum Gasteiger partial charge on any atom is -0.386 e. The topological polar surface area (TPSA) is 77.9 Å². The van der Waals surface area contributed by atoms with Crippen molar-refractivity contribution in [1.82, 2.24) is 19.9 Å². The fourth-order valence-electron chi connectivity index (χ4n) is 4.04. The van der Waals surface area contributed by atoms with Gasteiger partial charge in [-0.15, -0.1) is 0 Å². The zero-order valence-corrected chi connectivity index (χ0v) is 14.5. The molecule has 0 bridgehead atoms. The number of rotatable bonds is 3. The Morgan fingerprint density at radius 1 is 1.11 bits per heavy atom. The number of H-pyrrole nitrogens is 1. The van der Waals surface area contributed by atoms with Crippen LogP contribution in [0.5, 0.6) is 0 Å². The van der Waals surface area contributed by atoms with Crippen molar-refractivity contribution in [3.63, 3.8) is 0 Å². The van der Waals surface area contributed by atoms with Gasteiger partial charge in [-0.3, -0.25) is 0 Å². The molecule has 7 heteroatoms. The molecular weight excluding hydrogens is 345 g/mol. The number of aliphatic hydroxyl groups excluding tert-OH is 1. The van der Waals surface area contributed by atoms with Gasteiger partial charge >= 0.3 is 0 Å². The molecule has 6 nitrogen and oxygen atoms in total. The Morgan fingerprint density at radius 3 is 2.89 bits per heavy atom. The average molecular weight is 363 g/mol. The van der Waals surface area contributed by atoms with Crippen LogP contribution in [0.1, 0.15) is 18.1 Å². The van der Waals surface area contributed by atoms with Gasteiger partial charge in [-0.05, 0) is 16.3 Å². The molecule has 1 aliphatic heterocycles. The third-order valence-electron chi connectivity index (χ3n) is 5.27. The van der Waals surface area contributed by atoms with Crippen LogP contribution in [0.15, 0.2) is 55.1 Å². The van der Waals surface area contributed by atoms with Crippen LogP contribution in [-0.4, -0.2) is 43.8 Å². The molecule has 0 saturated carbocycles. The van der Waals surface area contributed by atoms with Crippen LogP contribution in [0.3, 0.4) is 0 Å². The van der Waals surface area contributed by atoms with Gasteiger partial charge in [-0.1, -0.05) is 42.5 Å². The first kappa shape index (κ1) is 16.1. The maximum atomic E-state index is 14.4. The van der Waals surface area contributed by atoms with Crippen LogP contribution >= 0.6 is 0 Å². The molecule has 0 aliphatic carbocycles. The van der Waals surface area contributed by atoms with Gasteiger partial charge in [0.1, 0.15) is 24.1 Å². The smallest absolute Gasteiger partial charge is 0.182 e. The lowest BCUT2D eigenvalue weighted by Gasteiger charge is -2.30. The first-order chi connectivity index (χ1) is 13.2. The largest absolute Gasteiger partial charge is 0.386 e. The van der Waals surface area contributed by atoms with Crippen molar-refractivity contribution in [2.75, 3.05) is 11.4 Å². The Bertz CT molecular complexity index is 1110. The molecule has 0 radical (unpaired) electrons. The maximum Gasteiger partial charge on any atom is 0.182 e. The van der Waals surface area contributed by atoms with Crippen molar-refractivity contribution in [3.8, 4) is 0 Å². The minimum absolute atomic E-state index is 0.178. The highest BCUT2D eigenvalue weighted by atomic mass is 19.1. The number of benzene rings is 2. The predicted octanol–water partition coefficient (Wildman–Crippen LogP) is 3.16. The van der Waals surface area contributed by atoms with Gasteiger partial charge < -0.3 is 15.0 Å². The zero-order chi connectivity index (χ0) is 18.4. The lowest BCUT2D eigenvalue weighted by Crippen LogP contribution is -2.35. The highest BCUT2D eigenvalue weighted by Crippen LogP contribution is 2.37. The SMILES string of the molecule is OC(c1cccc2ccccc12)[C@H]1C[C@@H](F)CN1c1ncnc2nc[nH]c12. The minimum atomic E-state index is -1.03. The Labute approximate surface area is 154 Å². The highest BCUT2D eigenvalue weighted by Gasteiger charge is 2.39. The number of nitrogens with zero attached hydrogens (tertiary/aromatic N) is 4. The van der Waals surface area contributed by atoms with E-state index in [-0.39, 0.29) is 13.0 Å². The van der Waals surface area contributed by atoms with E-state index in [1.54, 1.807) is 6.33 Å². The van der Waals surface area contributed by atoms with E-state index in [1.807, 2.05) is 47.4 Å². The van der Waals surface area contributed by atoms with E-state index in [1.165, 1.54) is 6.33 Å². The fraction of sp³-hybridized carbons (Fsp3) is 0.250. The standard InChI is InChI=1S/C20H18FN5O/c21-13-8-16(18(27)15-7-3-5-12-4-1-2-6-14(12)15)26(9-13)20-17-19(23-10-22-17)24-11-25-20/h1-7,10-11,13,16,18,27H,8-9H2,(H,22,23,24,25)/t13-,16-,18?/m1/s1. The van der Waals surface area contributed by atoms with Crippen molar-refractivity contribution < 1.29 is 9.50 Å². The van der Waals surface area contributed by atoms with Gasteiger partial charge in [-0.2, -0.15) is 0 Å². The van der Waals surface area contributed by atoms with Crippen molar-refractivity contribution in [3.05, 3.63) is 60.7 Å². The molecule has 0 amide bonds. The second-order valence-corrected chi connectivity index (χ2v) is 6.86. The molecule has 1 aliphatic rings. The number of fused-ring (bicyclic) bond motifs is 2. The highest BCUT2D eigenvalue weighted by molar-refractivity contribution is 5.86. The fourth-order valence-corrected chi connectivity index (χ4v) is 4.04. The number of aromatic nitrogens is 4. The lowest BCUT2D eigenvalue weighted by atomic mass is 9.95. The number of alkyl halides is 1. The van der Waals surface area contributed by atoms with Crippen LogP contribution in [-0.2, 0) is 0 Å². The number of anilines is 1. The first-order valence-electron chi connectivity index (χ1n) is 8.93. The molecule has 2 aromatic carbocycles. The normalized spacial score (nSPS) is 21.2. The van der Waals surface area contributed by atoms with Gasteiger partial charge in [0, 0.05) is 6.42 Å². The Morgan fingerprint density at radius 2 is 1.96 bits per heavy atom. The number of hydrogen-bond donors (Lipinski definition) is 2. The number of hydrogen-bond acceptors (Lipinski definition) is 5. The molecule has 5 rings (SSSR count). The third-order valence-corrected chi connectivity index (χ3v) is 5.27. The van der Waals surface area contributed by atoms with E-state index in [0.29, 0.717) is 17.0 Å². The molecular formula is C20H18FN5O. The zero-order valence-electron chi connectivity index (χ0n) is 14.5. The summed E-state index contributed by atoms with van der Waals surface area (Å²) in [7, 11) is 0. The summed E-state index contributed by atoms with van der Waals surface area (Å²) in [6.45, 7) is 0.178. The molecule has 4 aromatic rings. The molecule has 3 atom stereocenters. The molecule has 2 aromatic heterocycles. The Balaban J connectivity index is 1.59. The van der Waals surface area contributed by atoms with Crippen molar-refractivity contribution in [1.29, 1.82) is 0 Å². The average Bonchev–Trinajstić information content (AvgIpc) is 3.33. The summed E-state index contributed by atoms with van der Waals surface area (Å²) in [5.41, 5.74) is 1.98. The van der Waals surface area contributed by atoms with E-state index < -0.39 is 18.3 Å². The van der Waals surface area contributed by atoms with Gasteiger partial charge in [0.15, 0.2) is 11.5 Å². The second-order valence-electron chi connectivity index (χ2n) is 6.86. The number of halogens is 1. The van der Waals surface area contributed by atoms with E-state index >= 15 is 0 Å². The third kappa shape index (κ3) is 2.62. The molecule has 0 spiro atoms. The summed E-state index contributed by atoms with van der Waals surface area (Å²) in [5, 5.41) is 13.2. The number of aromatic amines is 1. The van der Waals surface area contributed by atoms with Crippen molar-refractivity contribution in [2.45, 2.75) is 24.7 Å². The number of nitrogens with one attached hydrogen (secondary N) is 1. The van der Waals surface area contributed by atoms with E-state index in [4.69, 9.17) is 0 Å². The van der Waals surface area contributed by atoms with Crippen molar-refractivity contribution >= 4 is 27.8 Å². The van der Waals surface area contributed by atoms with Crippen LogP contribution in [0.4, 0.5) is 10.2 Å². The summed E-state index contributed by atoms with van der Waals surface area (Å²) < 4.78 is 14.4. The molecule has 2 N–H and O–H groups in total. The van der Waals surface area contributed by atoms with Crippen LogP contribution < -0.4 is 4.90 Å². The van der Waals surface area contributed by atoms with Gasteiger partial charge in [0.05, 0.1) is 18.9 Å². The Kier molecular flexibility index (Phi) is 3.75. The van der Waals surface area contributed by atoms with Crippen molar-refractivity contribution in [2.24, 2.45) is 0 Å². The number of imidazole rings is 1. The predicted molar refractivity (Wildman–Crippen MR) is 101 cm³/mol. The molecule has 27 heavy (non-hydrogen) atoms. The van der Waals surface area contributed by atoms with Crippen LogP contribution in [0, 0.1) is 0 Å². The second kappa shape index (κ2) is 6.28. The summed E-state index contributed by atoms with van der Waals surface area (Å²) in [6, 6.07) is 13.3. The molecule has 3 heterocycles. The van der Waals surface area contributed by atoms with Crippen LogP contribution in [0.25, 0.3) is 21.9 Å². The quantitative estimate of drug-likeness (QED) is 0.585. The summed E-state index contributed by atoms with van der Waals surface area (Å²) in [5.74, 6) is 0.571. The Hall–Kier alpha value is -3.06. The molecule has 1 saturated heterocycles. The molecule has 1 fully saturated rings.